The van der Waals surface area contributed by atoms with Crippen LogP contribution in [-0.4, -0.2) is 44.2 Å². The number of hydrogen-bond acceptors (Lipinski definition) is 5. The van der Waals surface area contributed by atoms with Gasteiger partial charge in [-0.2, -0.15) is 4.31 Å². The molecule has 0 aliphatic carbocycles. The van der Waals surface area contributed by atoms with E-state index in [0.717, 1.165) is 12.8 Å². The molecule has 2 aromatic rings. The third-order valence-electron chi connectivity index (χ3n) is 4.31. The largest absolute Gasteiger partial charge is 0.454 e. The molecular formula is C19H18BrNO5S. The van der Waals surface area contributed by atoms with Crippen molar-refractivity contribution in [2.75, 3.05) is 19.7 Å². The Hall–Kier alpha value is -2.03. The molecule has 0 radical (unpaired) electrons. The van der Waals surface area contributed by atoms with Crippen molar-refractivity contribution in [2.24, 2.45) is 0 Å². The van der Waals surface area contributed by atoms with Crippen LogP contribution in [0.4, 0.5) is 0 Å². The number of ether oxygens (including phenoxy) is 1. The van der Waals surface area contributed by atoms with E-state index in [2.05, 4.69) is 15.9 Å². The average molecular weight is 452 g/mol. The van der Waals surface area contributed by atoms with Crippen LogP contribution in [0.15, 0.2) is 57.9 Å². The molecule has 0 saturated carbocycles. The first-order valence-corrected chi connectivity index (χ1v) is 10.7. The first-order chi connectivity index (χ1) is 12.9. The molecule has 8 heteroatoms. The molecule has 0 bridgehead atoms. The van der Waals surface area contributed by atoms with Crippen molar-refractivity contribution in [1.82, 2.24) is 4.31 Å². The number of ketones is 1. The summed E-state index contributed by atoms with van der Waals surface area (Å²) in [5.41, 5.74) is 0.618. The molecule has 6 nitrogen and oxygen atoms in total. The summed E-state index contributed by atoms with van der Waals surface area (Å²) < 4.78 is 32.1. The minimum absolute atomic E-state index is 0.158. The van der Waals surface area contributed by atoms with E-state index in [1.54, 1.807) is 24.3 Å². The predicted molar refractivity (Wildman–Crippen MR) is 103 cm³/mol. The van der Waals surface area contributed by atoms with Crippen LogP contribution in [0.2, 0.25) is 0 Å². The van der Waals surface area contributed by atoms with E-state index in [0.29, 0.717) is 23.1 Å². The maximum atomic E-state index is 12.5. The number of halogens is 1. The second kappa shape index (κ2) is 8.33. The Bertz CT molecular complexity index is 950. The highest BCUT2D eigenvalue weighted by Gasteiger charge is 2.27. The van der Waals surface area contributed by atoms with Crippen molar-refractivity contribution in [1.29, 1.82) is 0 Å². The van der Waals surface area contributed by atoms with Crippen LogP contribution in [0.5, 0.6) is 0 Å². The molecule has 3 rings (SSSR count). The Balaban J connectivity index is 1.64. The van der Waals surface area contributed by atoms with Gasteiger partial charge in [0.1, 0.15) is 0 Å². The van der Waals surface area contributed by atoms with Crippen LogP contribution in [-0.2, 0) is 14.8 Å². The van der Waals surface area contributed by atoms with Gasteiger partial charge < -0.3 is 4.74 Å². The summed E-state index contributed by atoms with van der Waals surface area (Å²) in [6.07, 6.45) is 1.72. The van der Waals surface area contributed by atoms with Crippen molar-refractivity contribution in [2.45, 2.75) is 17.7 Å². The first-order valence-electron chi connectivity index (χ1n) is 8.44. The van der Waals surface area contributed by atoms with Gasteiger partial charge in [0.2, 0.25) is 10.0 Å². The first kappa shape index (κ1) is 19.7. The normalized spacial score (nSPS) is 14.9. The molecule has 0 spiro atoms. The second-order valence-corrected chi connectivity index (χ2v) is 8.91. The lowest BCUT2D eigenvalue weighted by atomic mass is 10.1. The molecule has 1 aliphatic heterocycles. The summed E-state index contributed by atoms with van der Waals surface area (Å²) in [5.74, 6) is -1.01. The number of benzene rings is 2. The third kappa shape index (κ3) is 4.45. The molecule has 1 aliphatic rings. The van der Waals surface area contributed by atoms with Crippen molar-refractivity contribution in [3.8, 4) is 0 Å². The molecule has 0 amide bonds. The average Bonchev–Trinajstić information content (AvgIpc) is 3.22. The molecule has 0 atom stereocenters. The smallest absolute Gasteiger partial charge is 0.339 e. The molecular weight excluding hydrogens is 434 g/mol. The van der Waals surface area contributed by atoms with Crippen molar-refractivity contribution in [3.63, 3.8) is 0 Å². The lowest BCUT2D eigenvalue weighted by Crippen LogP contribution is -2.27. The maximum Gasteiger partial charge on any atom is 0.339 e. The lowest BCUT2D eigenvalue weighted by molar-refractivity contribution is 0.0474. The third-order valence-corrected chi connectivity index (χ3v) is 6.91. The number of Topliss-reactive ketones (excluding diaryl/α,β-unsaturated/α-hetero) is 1. The zero-order chi connectivity index (χ0) is 19.4. The van der Waals surface area contributed by atoms with Gasteiger partial charge in [-0.25, -0.2) is 13.2 Å². The number of esters is 1. The summed E-state index contributed by atoms with van der Waals surface area (Å²) in [6, 6.07) is 12.5. The monoisotopic (exact) mass is 451 g/mol. The fourth-order valence-electron chi connectivity index (χ4n) is 2.81. The predicted octanol–water partition coefficient (Wildman–Crippen LogP) is 3.27. The number of carbonyl (C=O) groups is 2. The van der Waals surface area contributed by atoms with Gasteiger partial charge in [0.05, 0.1) is 10.5 Å². The minimum Gasteiger partial charge on any atom is -0.454 e. The van der Waals surface area contributed by atoms with Gasteiger partial charge in [-0.05, 0) is 65.2 Å². The quantitative estimate of drug-likeness (QED) is 0.497. The van der Waals surface area contributed by atoms with Crippen LogP contribution in [0.25, 0.3) is 0 Å². The lowest BCUT2D eigenvalue weighted by Gasteiger charge is -2.15. The maximum absolute atomic E-state index is 12.5. The molecule has 1 fully saturated rings. The number of rotatable bonds is 6. The van der Waals surface area contributed by atoms with Gasteiger partial charge in [0.25, 0.3) is 0 Å². The van der Waals surface area contributed by atoms with Crippen LogP contribution >= 0.6 is 15.9 Å². The molecule has 1 heterocycles. The summed E-state index contributed by atoms with van der Waals surface area (Å²) in [5, 5.41) is 0. The second-order valence-electron chi connectivity index (χ2n) is 6.11. The highest BCUT2D eigenvalue weighted by Crippen LogP contribution is 2.21. The molecule has 1 saturated heterocycles. The van der Waals surface area contributed by atoms with E-state index < -0.39 is 28.4 Å². The van der Waals surface area contributed by atoms with E-state index >= 15 is 0 Å². The molecule has 0 aromatic heterocycles. The highest BCUT2D eigenvalue weighted by molar-refractivity contribution is 9.10. The fraction of sp³-hybridized carbons (Fsp3) is 0.263. The summed E-state index contributed by atoms with van der Waals surface area (Å²) >= 11 is 3.26. The van der Waals surface area contributed by atoms with Crippen molar-refractivity contribution >= 4 is 37.7 Å². The van der Waals surface area contributed by atoms with Crippen LogP contribution < -0.4 is 0 Å². The van der Waals surface area contributed by atoms with Crippen LogP contribution in [0.1, 0.15) is 33.6 Å². The summed E-state index contributed by atoms with van der Waals surface area (Å²) in [6.45, 7) is 0.625. The molecule has 27 heavy (non-hydrogen) atoms. The number of carbonyl (C=O) groups excluding carboxylic acids is 2. The summed E-state index contributed by atoms with van der Waals surface area (Å²) in [4.78, 5) is 24.4. The number of nitrogens with zero attached hydrogens (tertiary/aromatic N) is 1. The molecule has 0 N–H and O–H groups in total. The van der Waals surface area contributed by atoms with E-state index in [1.807, 2.05) is 0 Å². The van der Waals surface area contributed by atoms with Crippen LogP contribution in [0, 0.1) is 0 Å². The van der Waals surface area contributed by atoms with Crippen molar-refractivity contribution in [3.05, 3.63) is 64.1 Å². The Morgan fingerprint density at radius 3 is 2.26 bits per heavy atom. The standard InChI is InChI=1S/C19H18BrNO5S/c20-17-6-2-1-5-16(17)19(23)26-13-18(22)14-7-9-15(10-8-14)27(24,25)21-11-3-4-12-21/h1-2,5-10H,3-4,11-13H2. The van der Waals surface area contributed by atoms with Gasteiger partial charge in [0, 0.05) is 23.1 Å². The van der Waals surface area contributed by atoms with E-state index in [-0.39, 0.29) is 10.5 Å². The van der Waals surface area contributed by atoms with Gasteiger partial charge >= 0.3 is 5.97 Å². The zero-order valence-electron chi connectivity index (χ0n) is 14.4. The summed E-state index contributed by atoms with van der Waals surface area (Å²) in [7, 11) is -3.52. The molecule has 142 valence electrons. The fourth-order valence-corrected chi connectivity index (χ4v) is 4.77. The van der Waals surface area contributed by atoms with Gasteiger partial charge in [-0.15, -0.1) is 0 Å². The molecule has 2 aromatic carbocycles. The highest BCUT2D eigenvalue weighted by atomic mass is 79.9. The van der Waals surface area contributed by atoms with E-state index in [4.69, 9.17) is 4.74 Å². The van der Waals surface area contributed by atoms with E-state index in [1.165, 1.54) is 28.6 Å². The van der Waals surface area contributed by atoms with Crippen molar-refractivity contribution < 1.29 is 22.7 Å². The Morgan fingerprint density at radius 1 is 1.00 bits per heavy atom. The number of sulfonamides is 1. The Kier molecular flexibility index (Phi) is 6.08. The Morgan fingerprint density at radius 2 is 1.63 bits per heavy atom. The van der Waals surface area contributed by atoms with Crippen LogP contribution in [0.3, 0.4) is 0 Å². The van der Waals surface area contributed by atoms with Gasteiger partial charge in [-0.3, -0.25) is 4.79 Å². The number of hydrogen-bond donors (Lipinski definition) is 0. The topological polar surface area (TPSA) is 80.8 Å². The Labute approximate surface area is 166 Å². The minimum atomic E-state index is -3.52. The zero-order valence-corrected chi connectivity index (χ0v) is 16.8. The SMILES string of the molecule is O=C(COC(=O)c1ccccc1Br)c1ccc(S(=O)(=O)N2CCCC2)cc1. The van der Waals surface area contributed by atoms with E-state index in [9.17, 15) is 18.0 Å². The molecule has 0 unspecified atom stereocenters. The van der Waals surface area contributed by atoms with Gasteiger partial charge in [0.15, 0.2) is 12.4 Å². The van der Waals surface area contributed by atoms with Gasteiger partial charge in [-0.1, -0.05) is 12.1 Å².